The lowest BCUT2D eigenvalue weighted by Gasteiger charge is -2.35. The Bertz CT molecular complexity index is 182. The molecule has 0 radical (unpaired) electrons. The highest BCUT2D eigenvalue weighted by Gasteiger charge is 2.21. The molecule has 1 N–H and O–H groups in total. The third-order valence-corrected chi connectivity index (χ3v) is 3.09. The van der Waals surface area contributed by atoms with E-state index in [2.05, 4.69) is 65.7 Å². The molecule has 2 unspecified atom stereocenters. The van der Waals surface area contributed by atoms with Crippen LogP contribution in [0.2, 0.25) is 0 Å². The van der Waals surface area contributed by atoms with Crippen molar-refractivity contribution in [2.45, 2.75) is 60.5 Å². The van der Waals surface area contributed by atoms with Gasteiger partial charge in [0.1, 0.15) is 0 Å². The lowest BCUT2D eigenvalue weighted by Crippen LogP contribution is -2.43. The van der Waals surface area contributed by atoms with Crippen molar-refractivity contribution in [3.05, 3.63) is 0 Å². The number of rotatable bonds is 6. The van der Waals surface area contributed by atoms with Gasteiger partial charge < -0.3 is 10.2 Å². The quantitative estimate of drug-likeness (QED) is 0.752. The second-order valence-corrected chi connectivity index (χ2v) is 6.76. The van der Waals surface area contributed by atoms with Crippen LogP contribution in [-0.4, -0.2) is 37.1 Å². The van der Waals surface area contributed by atoms with Crippen LogP contribution < -0.4 is 5.32 Å². The molecule has 0 heterocycles. The molecular formula is C14H32N2. The molecule has 2 nitrogen and oxygen atoms in total. The molecule has 98 valence electrons. The topological polar surface area (TPSA) is 15.3 Å². The van der Waals surface area contributed by atoms with Gasteiger partial charge in [-0.3, -0.25) is 0 Å². The largest absolute Gasteiger partial charge is 0.314 e. The summed E-state index contributed by atoms with van der Waals surface area (Å²) in [6.07, 6.45) is 0. The first kappa shape index (κ1) is 15.9. The maximum atomic E-state index is 3.52. The van der Waals surface area contributed by atoms with Crippen LogP contribution >= 0.6 is 0 Å². The highest BCUT2D eigenvalue weighted by Crippen LogP contribution is 2.18. The molecule has 0 aromatic rings. The van der Waals surface area contributed by atoms with Crippen LogP contribution in [0.1, 0.15) is 48.5 Å². The van der Waals surface area contributed by atoms with E-state index in [1.807, 2.05) is 0 Å². The van der Waals surface area contributed by atoms with E-state index in [4.69, 9.17) is 0 Å². The summed E-state index contributed by atoms with van der Waals surface area (Å²) in [5, 5.41) is 3.52. The summed E-state index contributed by atoms with van der Waals surface area (Å²) in [7, 11) is 2.24. The van der Waals surface area contributed by atoms with Crippen LogP contribution in [0.3, 0.4) is 0 Å². The summed E-state index contributed by atoms with van der Waals surface area (Å²) in [6, 6.07) is 1.22. The Kier molecular flexibility index (Phi) is 6.57. The van der Waals surface area contributed by atoms with Crippen molar-refractivity contribution in [1.82, 2.24) is 10.2 Å². The summed E-state index contributed by atoms with van der Waals surface area (Å²) < 4.78 is 0. The van der Waals surface area contributed by atoms with Gasteiger partial charge in [-0.25, -0.2) is 0 Å². The number of hydrogen-bond acceptors (Lipinski definition) is 2. The minimum Gasteiger partial charge on any atom is -0.314 e. The first-order valence-electron chi connectivity index (χ1n) is 6.57. The molecule has 0 aliphatic rings. The monoisotopic (exact) mass is 228 g/mol. The van der Waals surface area contributed by atoms with Crippen LogP contribution in [0.25, 0.3) is 0 Å². The van der Waals surface area contributed by atoms with Crippen LogP contribution in [0.4, 0.5) is 0 Å². The number of hydrogen-bond donors (Lipinski definition) is 1. The summed E-state index contributed by atoms with van der Waals surface area (Å²) in [4.78, 5) is 2.48. The lowest BCUT2D eigenvalue weighted by atomic mass is 9.93. The summed E-state index contributed by atoms with van der Waals surface area (Å²) in [5.41, 5.74) is 0.383. The predicted octanol–water partition coefficient (Wildman–Crippen LogP) is 2.99. The summed E-state index contributed by atoms with van der Waals surface area (Å²) in [6.45, 7) is 18.2. The summed E-state index contributed by atoms with van der Waals surface area (Å²) in [5.74, 6) is 0.690. The van der Waals surface area contributed by atoms with E-state index < -0.39 is 0 Å². The highest BCUT2D eigenvalue weighted by molar-refractivity contribution is 4.76. The fourth-order valence-corrected chi connectivity index (χ4v) is 1.92. The molecule has 0 aliphatic heterocycles. The average Bonchev–Trinajstić information content (AvgIpc) is 2.10. The molecule has 0 saturated heterocycles. The zero-order chi connectivity index (χ0) is 12.9. The smallest absolute Gasteiger partial charge is 0.0102 e. The Morgan fingerprint density at radius 3 is 1.94 bits per heavy atom. The van der Waals surface area contributed by atoms with E-state index >= 15 is 0 Å². The van der Waals surface area contributed by atoms with Crippen molar-refractivity contribution in [3.8, 4) is 0 Å². The molecule has 0 aliphatic carbocycles. The van der Waals surface area contributed by atoms with E-state index in [9.17, 15) is 0 Å². The molecule has 16 heavy (non-hydrogen) atoms. The Hall–Kier alpha value is -0.0800. The maximum absolute atomic E-state index is 3.52. The normalized spacial score (nSPS) is 16.9. The van der Waals surface area contributed by atoms with Crippen molar-refractivity contribution in [2.24, 2.45) is 11.3 Å². The zero-order valence-corrected chi connectivity index (χ0v) is 12.6. The molecule has 0 rings (SSSR count). The van der Waals surface area contributed by atoms with Gasteiger partial charge in [-0.15, -0.1) is 0 Å². The van der Waals surface area contributed by atoms with Gasteiger partial charge in [-0.1, -0.05) is 41.5 Å². The van der Waals surface area contributed by atoms with Gasteiger partial charge in [0.2, 0.25) is 0 Å². The minimum absolute atomic E-state index is 0.383. The van der Waals surface area contributed by atoms with Gasteiger partial charge in [-0.2, -0.15) is 0 Å². The van der Waals surface area contributed by atoms with Gasteiger partial charge in [0.15, 0.2) is 0 Å². The van der Waals surface area contributed by atoms with Crippen molar-refractivity contribution in [3.63, 3.8) is 0 Å². The van der Waals surface area contributed by atoms with Crippen molar-refractivity contribution in [2.75, 3.05) is 20.1 Å². The molecule has 0 saturated carbocycles. The average molecular weight is 228 g/mol. The second kappa shape index (κ2) is 6.61. The molecule has 0 aromatic heterocycles. The Morgan fingerprint density at radius 1 is 1.06 bits per heavy atom. The van der Waals surface area contributed by atoms with Crippen molar-refractivity contribution in [1.29, 1.82) is 0 Å². The van der Waals surface area contributed by atoms with Gasteiger partial charge in [0.05, 0.1) is 0 Å². The fraction of sp³-hybridized carbons (Fsp3) is 1.00. The fourth-order valence-electron chi connectivity index (χ4n) is 1.92. The Morgan fingerprint density at radius 2 is 1.56 bits per heavy atom. The number of nitrogens with one attached hydrogen (secondary N) is 1. The van der Waals surface area contributed by atoms with E-state index in [1.165, 1.54) is 0 Å². The molecule has 2 heteroatoms. The van der Waals surface area contributed by atoms with Gasteiger partial charge >= 0.3 is 0 Å². The minimum atomic E-state index is 0.383. The Labute approximate surface area is 103 Å². The van der Waals surface area contributed by atoms with Crippen LogP contribution in [0.15, 0.2) is 0 Å². The highest BCUT2D eigenvalue weighted by atomic mass is 15.1. The SMILES string of the molecule is CC(C)NCC(C)C(C)N(C)CC(C)(C)C. The second-order valence-electron chi connectivity index (χ2n) is 6.76. The van der Waals surface area contributed by atoms with Gasteiger partial charge in [0, 0.05) is 18.6 Å². The van der Waals surface area contributed by atoms with E-state index in [0.29, 0.717) is 23.4 Å². The Balaban J connectivity index is 4.06. The third-order valence-electron chi connectivity index (χ3n) is 3.09. The lowest BCUT2D eigenvalue weighted by molar-refractivity contribution is 0.143. The summed E-state index contributed by atoms with van der Waals surface area (Å²) >= 11 is 0. The standard InChI is InChI=1S/C14H32N2/c1-11(2)15-9-12(3)13(4)16(8)10-14(5,6)7/h11-13,15H,9-10H2,1-8H3. The van der Waals surface area contributed by atoms with Crippen molar-refractivity contribution < 1.29 is 0 Å². The molecule has 0 spiro atoms. The molecule has 0 aromatic carbocycles. The zero-order valence-electron chi connectivity index (χ0n) is 12.6. The van der Waals surface area contributed by atoms with Gasteiger partial charge in [0.25, 0.3) is 0 Å². The van der Waals surface area contributed by atoms with E-state index in [1.54, 1.807) is 0 Å². The van der Waals surface area contributed by atoms with E-state index in [-0.39, 0.29) is 0 Å². The first-order chi connectivity index (χ1) is 7.13. The predicted molar refractivity (Wildman–Crippen MR) is 73.8 cm³/mol. The van der Waals surface area contributed by atoms with Crippen LogP contribution in [0.5, 0.6) is 0 Å². The van der Waals surface area contributed by atoms with E-state index in [0.717, 1.165) is 13.1 Å². The molecule has 2 atom stereocenters. The van der Waals surface area contributed by atoms with Crippen LogP contribution in [-0.2, 0) is 0 Å². The van der Waals surface area contributed by atoms with Gasteiger partial charge in [-0.05, 0) is 31.8 Å². The molecule has 0 bridgehead atoms. The maximum Gasteiger partial charge on any atom is 0.0102 e. The molecule has 0 fully saturated rings. The van der Waals surface area contributed by atoms with Crippen LogP contribution in [0, 0.1) is 11.3 Å². The van der Waals surface area contributed by atoms with Crippen molar-refractivity contribution >= 4 is 0 Å². The number of nitrogens with zero attached hydrogens (tertiary/aromatic N) is 1. The molecular weight excluding hydrogens is 196 g/mol. The third kappa shape index (κ3) is 7.24. The molecule has 0 amide bonds. The first-order valence-corrected chi connectivity index (χ1v) is 6.57.